The molecule has 0 saturated carbocycles. The first-order valence-corrected chi connectivity index (χ1v) is 7.89. The Morgan fingerprint density at radius 1 is 1.21 bits per heavy atom. The molecule has 0 amide bonds. The molecule has 1 aromatic carbocycles. The van der Waals surface area contributed by atoms with Gasteiger partial charge in [-0.2, -0.15) is 0 Å². The van der Waals surface area contributed by atoms with E-state index in [4.69, 9.17) is 0 Å². The number of benzene rings is 1. The minimum Gasteiger partial charge on any atom is -0.348 e. The van der Waals surface area contributed by atoms with Crippen molar-refractivity contribution < 1.29 is 0 Å². The molecule has 19 heavy (non-hydrogen) atoms. The van der Waals surface area contributed by atoms with Gasteiger partial charge < -0.3 is 4.98 Å². The summed E-state index contributed by atoms with van der Waals surface area (Å²) in [6, 6.07) is 10.3. The summed E-state index contributed by atoms with van der Waals surface area (Å²) in [5.74, 6) is 1.02. The van der Waals surface area contributed by atoms with Crippen molar-refractivity contribution >= 4 is 23.1 Å². The number of hydrogen-bond acceptors (Lipinski definition) is 4. The van der Waals surface area contributed by atoms with Crippen LogP contribution in [0, 0.1) is 0 Å². The Morgan fingerprint density at radius 2 is 2.11 bits per heavy atom. The second-order valence-corrected chi connectivity index (χ2v) is 6.24. The van der Waals surface area contributed by atoms with Crippen molar-refractivity contribution in [3.05, 3.63) is 53.9 Å². The van der Waals surface area contributed by atoms with E-state index in [1.807, 2.05) is 24.4 Å². The first-order chi connectivity index (χ1) is 9.42. The average Bonchev–Trinajstić information content (AvgIpc) is 3.11. The molecule has 0 aliphatic carbocycles. The number of aryl methyl sites for hydroxylation is 1. The van der Waals surface area contributed by atoms with Gasteiger partial charge in [0, 0.05) is 28.6 Å². The molecule has 0 unspecified atom stereocenters. The van der Waals surface area contributed by atoms with E-state index in [1.165, 1.54) is 11.3 Å². The molecule has 3 nitrogen and oxygen atoms in total. The summed E-state index contributed by atoms with van der Waals surface area (Å²) in [6.07, 6.45) is 4.58. The molecule has 0 saturated heterocycles. The topological polar surface area (TPSA) is 41.6 Å². The second-order valence-electron chi connectivity index (χ2n) is 4.04. The highest BCUT2D eigenvalue weighted by atomic mass is 32.2. The van der Waals surface area contributed by atoms with Crippen LogP contribution in [0.4, 0.5) is 0 Å². The minimum absolute atomic E-state index is 0.991. The SMILES string of the molecule is c1ccc(-c2csc(SCCc3cnc[nH]3)n2)cc1. The zero-order valence-electron chi connectivity index (χ0n) is 10.2. The van der Waals surface area contributed by atoms with Crippen molar-refractivity contribution in [1.82, 2.24) is 15.0 Å². The van der Waals surface area contributed by atoms with Crippen LogP contribution in [0.25, 0.3) is 11.3 Å². The van der Waals surface area contributed by atoms with E-state index in [2.05, 4.69) is 32.5 Å². The molecule has 0 aliphatic rings. The van der Waals surface area contributed by atoms with E-state index < -0.39 is 0 Å². The molecule has 2 aromatic heterocycles. The molecular weight excluding hydrogens is 274 g/mol. The molecule has 3 rings (SSSR count). The number of hydrogen-bond donors (Lipinski definition) is 1. The Kier molecular flexibility index (Phi) is 3.95. The summed E-state index contributed by atoms with van der Waals surface area (Å²) in [5, 5.41) is 2.12. The molecule has 3 aromatic rings. The Balaban J connectivity index is 1.59. The first kappa shape index (κ1) is 12.4. The van der Waals surface area contributed by atoms with Crippen LogP contribution in [0.1, 0.15) is 5.69 Å². The van der Waals surface area contributed by atoms with E-state index >= 15 is 0 Å². The van der Waals surface area contributed by atoms with Crippen LogP contribution < -0.4 is 0 Å². The number of thiazole rings is 1. The van der Waals surface area contributed by atoms with E-state index in [9.17, 15) is 0 Å². The van der Waals surface area contributed by atoms with Crippen LogP contribution in [-0.4, -0.2) is 20.7 Å². The Bertz CT molecular complexity index is 617. The maximum absolute atomic E-state index is 4.65. The number of rotatable bonds is 5. The standard InChI is InChI=1S/C14H13N3S2/c1-2-4-11(5-3-1)13-9-19-14(17-13)18-7-6-12-8-15-10-16-12/h1-5,8-10H,6-7H2,(H,15,16). The molecule has 0 radical (unpaired) electrons. The van der Waals surface area contributed by atoms with Gasteiger partial charge in [-0.05, 0) is 6.42 Å². The Morgan fingerprint density at radius 3 is 2.89 bits per heavy atom. The van der Waals surface area contributed by atoms with Crippen LogP contribution in [0.2, 0.25) is 0 Å². The van der Waals surface area contributed by atoms with Crippen molar-refractivity contribution in [3.8, 4) is 11.3 Å². The van der Waals surface area contributed by atoms with Crippen LogP contribution in [0.15, 0.2) is 52.6 Å². The quantitative estimate of drug-likeness (QED) is 0.724. The summed E-state index contributed by atoms with van der Waals surface area (Å²) in [4.78, 5) is 11.8. The van der Waals surface area contributed by atoms with Crippen molar-refractivity contribution in [2.24, 2.45) is 0 Å². The van der Waals surface area contributed by atoms with Gasteiger partial charge in [-0.25, -0.2) is 9.97 Å². The van der Waals surface area contributed by atoms with E-state index in [0.29, 0.717) is 0 Å². The number of nitrogens with zero attached hydrogens (tertiary/aromatic N) is 2. The molecule has 5 heteroatoms. The predicted molar refractivity (Wildman–Crippen MR) is 80.6 cm³/mol. The van der Waals surface area contributed by atoms with Gasteiger partial charge in [0.25, 0.3) is 0 Å². The van der Waals surface area contributed by atoms with Crippen LogP contribution >= 0.6 is 23.1 Å². The lowest BCUT2D eigenvalue weighted by Crippen LogP contribution is -1.87. The number of nitrogens with one attached hydrogen (secondary N) is 1. The van der Waals surface area contributed by atoms with E-state index in [-0.39, 0.29) is 0 Å². The molecular formula is C14H13N3S2. The lowest BCUT2D eigenvalue weighted by atomic mass is 10.2. The molecule has 0 atom stereocenters. The monoisotopic (exact) mass is 287 g/mol. The lowest BCUT2D eigenvalue weighted by molar-refractivity contribution is 1.07. The first-order valence-electron chi connectivity index (χ1n) is 6.03. The fourth-order valence-corrected chi connectivity index (χ4v) is 3.61. The maximum atomic E-state index is 4.65. The third kappa shape index (κ3) is 3.24. The van der Waals surface area contributed by atoms with Crippen molar-refractivity contribution in [2.45, 2.75) is 10.8 Å². The molecule has 0 spiro atoms. The number of aromatic nitrogens is 3. The Labute approximate surface area is 120 Å². The highest BCUT2D eigenvalue weighted by Gasteiger charge is 2.04. The van der Waals surface area contributed by atoms with Gasteiger partial charge in [0.2, 0.25) is 0 Å². The fourth-order valence-electron chi connectivity index (χ4n) is 1.73. The van der Waals surface area contributed by atoms with Crippen LogP contribution in [0.3, 0.4) is 0 Å². The van der Waals surface area contributed by atoms with Gasteiger partial charge in [-0.3, -0.25) is 0 Å². The summed E-state index contributed by atoms with van der Waals surface area (Å²) < 4.78 is 1.12. The van der Waals surface area contributed by atoms with Gasteiger partial charge in [0.05, 0.1) is 12.0 Å². The zero-order valence-corrected chi connectivity index (χ0v) is 11.9. The van der Waals surface area contributed by atoms with E-state index in [1.54, 1.807) is 29.4 Å². The predicted octanol–water partition coefficient (Wildman–Crippen LogP) is 3.87. The number of H-pyrrole nitrogens is 1. The molecule has 0 bridgehead atoms. The van der Waals surface area contributed by atoms with Gasteiger partial charge in [0.15, 0.2) is 4.34 Å². The fraction of sp³-hybridized carbons (Fsp3) is 0.143. The van der Waals surface area contributed by atoms with Crippen molar-refractivity contribution in [1.29, 1.82) is 0 Å². The maximum Gasteiger partial charge on any atom is 0.150 e. The number of imidazole rings is 1. The largest absolute Gasteiger partial charge is 0.348 e. The van der Waals surface area contributed by atoms with Crippen LogP contribution in [-0.2, 0) is 6.42 Å². The normalized spacial score (nSPS) is 10.7. The second kappa shape index (κ2) is 6.04. The smallest absolute Gasteiger partial charge is 0.150 e. The van der Waals surface area contributed by atoms with Crippen molar-refractivity contribution in [3.63, 3.8) is 0 Å². The number of aromatic amines is 1. The highest BCUT2D eigenvalue weighted by molar-refractivity contribution is 8.01. The molecule has 96 valence electrons. The molecule has 0 aliphatic heterocycles. The molecule has 2 heterocycles. The van der Waals surface area contributed by atoms with E-state index in [0.717, 1.165) is 22.2 Å². The third-order valence-electron chi connectivity index (χ3n) is 2.70. The van der Waals surface area contributed by atoms with Gasteiger partial charge in [-0.15, -0.1) is 11.3 Å². The summed E-state index contributed by atoms with van der Waals surface area (Å²) >= 11 is 3.50. The number of thioether (sulfide) groups is 1. The summed E-state index contributed by atoms with van der Waals surface area (Å²) in [6.45, 7) is 0. The Hall–Kier alpha value is -1.59. The van der Waals surface area contributed by atoms with Gasteiger partial charge in [-0.1, -0.05) is 42.1 Å². The highest BCUT2D eigenvalue weighted by Crippen LogP contribution is 2.28. The third-order valence-corrected chi connectivity index (χ3v) is 4.73. The summed E-state index contributed by atoms with van der Waals surface area (Å²) in [5.41, 5.74) is 3.42. The minimum atomic E-state index is 0.991. The molecule has 0 fully saturated rings. The van der Waals surface area contributed by atoms with Crippen LogP contribution in [0.5, 0.6) is 0 Å². The zero-order chi connectivity index (χ0) is 12.9. The van der Waals surface area contributed by atoms with Crippen molar-refractivity contribution in [2.75, 3.05) is 5.75 Å². The lowest BCUT2D eigenvalue weighted by Gasteiger charge is -1.96. The molecule has 1 N–H and O–H groups in total. The average molecular weight is 287 g/mol. The van der Waals surface area contributed by atoms with Gasteiger partial charge in [0.1, 0.15) is 0 Å². The summed E-state index contributed by atoms with van der Waals surface area (Å²) in [7, 11) is 0. The van der Waals surface area contributed by atoms with Gasteiger partial charge >= 0.3 is 0 Å².